The first kappa shape index (κ1) is 14.2. The molecule has 0 fully saturated rings. The molecule has 0 saturated heterocycles. The van der Waals surface area contributed by atoms with E-state index in [1.807, 2.05) is 13.1 Å². The summed E-state index contributed by atoms with van der Waals surface area (Å²) in [7, 11) is 0. The number of anilines is 1. The molecule has 102 valence electrons. The Morgan fingerprint density at radius 3 is 2.95 bits per heavy atom. The third kappa shape index (κ3) is 3.40. The number of hydrogen-bond donors (Lipinski definition) is 2. The van der Waals surface area contributed by atoms with Crippen molar-refractivity contribution in [3.8, 4) is 0 Å². The number of aryl methyl sites for hydroxylation is 1. The molecule has 0 spiro atoms. The predicted molar refractivity (Wildman–Crippen MR) is 77.5 cm³/mol. The molecule has 0 amide bonds. The van der Waals surface area contributed by atoms with Crippen LogP contribution in [0.3, 0.4) is 0 Å². The van der Waals surface area contributed by atoms with Crippen LogP contribution in [0.25, 0.3) is 0 Å². The largest absolute Gasteiger partial charge is 0.394 e. The Labute approximate surface area is 122 Å². The lowest BCUT2D eigenvalue weighted by Crippen LogP contribution is -2.25. The first-order valence-corrected chi connectivity index (χ1v) is 7.24. The average molecular weight is 345 g/mol. The number of aliphatic hydroxyl groups is 1. The molecule has 0 aliphatic carbocycles. The zero-order valence-electron chi connectivity index (χ0n) is 10.3. The van der Waals surface area contributed by atoms with Crippen molar-refractivity contribution in [1.29, 1.82) is 0 Å². The van der Waals surface area contributed by atoms with Crippen LogP contribution >= 0.6 is 27.3 Å². The summed E-state index contributed by atoms with van der Waals surface area (Å²) in [6, 6.07) is 0. The summed E-state index contributed by atoms with van der Waals surface area (Å²) in [5, 5.41) is 16.9. The van der Waals surface area contributed by atoms with E-state index in [2.05, 4.69) is 31.3 Å². The quantitative estimate of drug-likeness (QED) is 0.856. The SMILES string of the molecule is Cc1cnc(CNc2cnn(CCO)c(=O)c2Br)s1. The summed E-state index contributed by atoms with van der Waals surface area (Å²) >= 11 is 4.85. The summed E-state index contributed by atoms with van der Waals surface area (Å²) in [6.07, 6.45) is 3.37. The highest BCUT2D eigenvalue weighted by Crippen LogP contribution is 2.18. The second kappa shape index (κ2) is 6.27. The van der Waals surface area contributed by atoms with Crippen LogP contribution < -0.4 is 10.9 Å². The lowest BCUT2D eigenvalue weighted by Gasteiger charge is -2.08. The Bertz CT molecular complexity index is 625. The molecule has 2 aromatic rings. The maximum absolute atomic E-state index is 11.9. The van der Waals surface area contributed by atoms with Crippen LogP contribution in [0.1, 0.15) is 9.88 Å². The standard InChI is InChI=1S/C11H13BrN4O2S/c1-7-4-14-9(19-7)6-13-8-5-15-16(2-3-17)11(18)10(8)12/h4-5,13,17H,2-3,6H2,1H3. The van der Waals surface area contributed by atoms with Gasteiger partial charge in [-0.3, -0.25) is 4.79 Å². The summed E-state index contributed by atoms with van der Waals surface area (Å²) < 4.78 is 1.62. The van der Waals surface area contributed by atoms with Gasteiger partial charge in [-0.25, -0.2) is 9.67 Å². The van der Waals surface area contributed by atoms with Gasteiger partial charge in [0, 0.05) is 11.1 Å². The molecular formula is C11H13BrN4O2S. The monoisotopic (exact) mass is 344 g/mol. The van der Waals surface area contributed by atoms with E-state index in [1.165, 1.54) is 4.68 Å². The Hall–Kier alpha value is -1.25. The van der Waals surface area contributed by atoms with Crippen LogP contribution in [0.5, 0.6) is 0 Å². The Morgan fingerprint density at radius 2 is 2.32 bits per heavy atom. The fourth-order valence-electron chi connectivity index (χ4n) is 1.50. The zero-order valence-corrected chi connectivity index (χ0v) is 12.7. The van der Waals surface area contributed by atoms with Crippen molar-refractivity contribution in [1.82, 2.24) is 14.8 Å². The summed E-state index contributed by atoms with van der Waals surface area (Å²) in [6.45, 7) is 2.60. The highest BCUT2D eigenvalue weighted by atomic mass is 79.9. The minimum atomic E-state index is -0.269. The number of rotatable bonds is 5. The molecule has 2 rings (SSSR count). The molecule has 2 N–H and O–H groups in total. The number of nitrogens with one attached hydrogen (secondary N) is 1. The van der Waals surface area contributed by atoms with Gasteiger partial charge in [-0.1, -0.05) is 0 Å². The van der Waals surface area contributed by atoms with Crippen molar-refractivity contribution in [2.24, 2.45) is 0 Å². The predicted octanol–water partition coefficient (Wildman–Crippen LogP) is 1.38. The van der Waals surface area contributed by atoms with Gasteiger partial charge in [0.1, 0.15) is 9.48 Å². The average Bonchev–Trinajstić information content (AvgIpc) is 2.80. The van der Waals surface area contributed by atoms with Gasteiger partial charge in [-0.15, -0.1) is 11.3 Å². The van der Waals surface area contributed by atoms with E-state index in [-0.39, 0.29) is 18.7 Å². The third-order valence-electron chi connectivity index (χ3n) is 2.40. The van der Waals surface area contributed by atoms with Crippen molar-refractivity contribution in [3.05, 3.63) is 37.1 Å². The molecule has 0 aromatic carbocycles. The van der Waals surface area contributed by atoms with E-state index in [1.54, 1.807) is 17.5 Å². The van der Waals surface area contributed by atoms with Crippen LogP contribution in [0, 0.1) is 6.92 Å². The summed E-state index contributed by atoms with van der Waals surface area (Å²) in [5.41, 5.74) is 0.349. The van der Waals surface area contributed by atoms with Crippen molar-refractivity contribution >= 4 is 33.0 Å². The van der Waals surface area contributed by atoms with Gasteiger partial charge in [0.25, 0.3) is 5.56 Å². The molecule has 0 radical (unpaired) electrons. The van der Waals surface area contributed by atoms with Crippen molar-refractivity contribution < 1.29 is 5.11 Å². The van der Waals surface area contributed by atoms with Gasteiger partial charge in [0.05, 0.1) is 31.6 Å². The molecule has 0 bridgehead atoms. The normalized spacial score (nSPS) is 10.7. The number of nitrogens with zero attached hydrogens (tertiary/aromatic N) is 3. The second-order valence-electron chi connectivity index (χ2n) is 3.84. The summed E-state index contributed by atoms with van der Waals surface area (Å²) in [5.74, 6) is 0. The molecule has 0 unspecified atom stereocenters. The number of halogens is 1. The molecule has 19 heavy (non-hydrogen) atoms. The first-order valence-electron chi connectivity index (χ1n) is 5.63. The van der Waals surface area contributed by atoms with Gasteiger partial charge in [0.2, 0.25) is 0 Å². The Morgan fingerprint density at radius 1 is 1.53 bits per heavy atom. The minimum Gasteiger partial charge on any atom is -0.394 e. The second-order valence-corrected chi connectivity index (χ2v) is 5.95. The number of thiazole rings is 1. The van der Waals surface area contributed by atoms with Gasteiger partial charge in [0.15, 0.2) is 0 Å². The van der Waals surface area contributed by atoms with Crippen LogP contribution in [0.15, 0.2) is 21.7 Å². The highest BCUT2D eigenvalue weighted by molar-refractivity contribution is 9.10. The maximum atomic E-state index is 11.9. The van der Waals surface area contributed by atoms with Crippen molar-refractivity contribution in [3.63, 3.8) is 0 Å². The van der Waals surface area contributed by atoms with Gasteiger partial charge in [-0.2, -0.15) is 5.10 Å². The minimum absolute atomic E-state index is 0.121. The topological polar surface area (TPSA) is 80.0 Å². The fraction of sp³-hybridized carbons (Fsp3) is 0.364. The molecular weight excluding hydrogens is 332 g/mol. The van der Waals surface area contributed by atoms with E-state index in [9.17, 15) is 4.79 Å². The number of aromatic nitrogens is 3. The van der Waals surface area contributed by atoms with Crippen LogP contribution in [0.4, 0.5) is 5.69 Å². The van der Waals surface area contributed by atoms with Crippen LogP contribution in [-0.4, -0.2) is 26.5 Å². The van der Waals surface area contributed by atoms with Crippen molar-refractivity contribution in [2.45, 2.75) is 20.0 Å². The summed E-state index contributed by atoms with van der Waals surface area (Å²) in [4.78, 5) is 17.3. The molecule has 8 heteroatoms. The van der Waals surface area contributed by atoms with Crippen LogP contribution in [-0.2, 0) is 13.1 Å². The zero-order chi connectivity index (χ0) is 13.8. The number of aliphatic hydroxyl groups excluding tert-OH is 1. The Balaban J connectivity index is 2.13. The Kier molecular flexibility index (Phi) is 4.67. The molecule has 0 aliphatic heterocycles. The third-order valence-corrected chi connectivity index (χ3v) is 4.08. The fourth-order valence-corrected chi connectivity index (χ4v) is 2.67. The van der Waals surface area contributed by atoms with E-state index in [0.717, 1.165) is 9.88 Å². The molecule has 0 aliphatic rings. The maximum Gasteiger partial charge on any atom is 0.283 e. The van der Waals surface area contributed by atoms with E-state index in [0.29, 0.717) is 16.7 Å². The van der Waals surface area contributed by atoms with Gasteiger partial charge < -0.3 is 10.4 Å². The molecule has 0 saturated carbocycles. The van der Waals surface area contributed by atoms with E-state index in [4.69, 9.17) is 5.11 Å². The molecule has 2 heterocycles. The van der Waals surface area contributed by atoms with E-state index >= 15 is 0 Å². The lowest BCUT2D eigenvalue weighted by molar-refractivity contribution is 0.266. The smallest absolute Gasteiger partial charge is 0.283 e. The molecule has 0 atom stereocenters. The molecule has 2 aromatic heterocycles. The molecule has 6 nitrogen and oxygen atoms in total. The number of hydrogen-bond acceptors (Lipinski definition) is 6. The van der Waals surface area contributed by atoms with Crippen LogP contribution in [0.2, 0.25) is 0 Å². The highest BCUT2D eigenvalue weighted by Gasteiger charge is 2.09. The van der Waals surface area contributed by atoms with Gasteiger partial charge >= 0.3 is 0 Å². The van der Waals surface area contributed by atoms with Crippen molar-refractivity contribution in [2.75, 3.05) is 11.9 Å². The van der Waals surface area contributed by atoms with E-state index < -0.39 is 0 Å². The van der Waals surface area contributed by atoms with Gasteiger partial charge in [-0.05, 0) is 22.9 Å². The first-order chi connectivity index (χ1) is 9.11. The lowest BCUT2D eigenvalue weighted by atomic mass is 10.4.